The summed E-state index contributed by atoms with van der Waals surface area (Å²) >= 11 is 11.8. The number of carboxylic acid groups (broad SMARTS) is 1. The van der Waals surface area contributed by atoms with Gasteiger partial charge in [0.1, 0.15) is 0 Å². The van der Waals surface area contributed by atoms with E-state index in [4.69, 9.17) is 28.3 Å². The van der Waals surface area contributed by atoms with Gasteiger partial charge in [0.2, 0.25) is 10.0 Å². The summed E-state index contributed by atoms with van der Waals surface area (Å²) in [6.45, 7) is 2.74. The molecule has 0 aliphatic heterocycles. The lowest BCUT2D eigenvalue weighted by atomic mass is 10.2. The number of carboxylic acids is 1. The summed E-state index contributed by atoms with van der Waals surface area (Å²) in [4.78, 5) is 10.7. The van der Waals surface area contributed by atoms with E-state index in [0.717, 1.165) is 6.92 Å². The van der Waals surface area contributed by atoms with E-state index in [-0.39, 0.29) is 15.7 Å². The smallest absolute Gasteiger partial charge is 0.323 e. The number of carbonyl (C=O) groups is 1. The second-order valence-electron chi connectivity index (χ2n) is 3.68. The highest BCUT2D eigenvalue weighted by Crippen LogP contribution is 2.33. The topological polar surface area (TPSA) is 83.5 Å². The van der Waals surface area contributed by atoms with E-state index in [9.17, 15) is 13.2 Å². The molecule has 8 heteroatoms. The first kappa shape index (κ1) is 15.1. The maximum atomic E-state index is 11.7. The van der Waals surface area contributed by atoms with Crippen LogP contribution < -0.4 is 4.72 Å². The molecule has 1 unspecified atom stereocenters. The molecule has 1 aromatic carbocycles. The summed E-state index contributed by atoms with van der Waals surface area (Å²) in [7, 11) is -4.09. The maximum Gasteiger partial charge on any atom is 0.323 e. The van der Waals surface area contributed by atoms with Crippen LogP contribution in [0.3, 0.4) is 0 Å². The van der Waals surface area contributed by atoms with Crippen molar-refractivity contribution in [3.8, 4) is 0 Å². The molecule has 0 heterocycles. The minimum atomic E-state index is -4.09. The molecule has 0 fully saturated rings. The average molecular weight is 312 g/mol. The molecule has 0 saturated heterocycles. The van der Waals surface area contributed by atoms with Crippen LogP contribution in [0.15, 0.2) is 12.1 Å². The van der Waals surface area contributed by atoms with Crippen LogP contribution in [0.5, 0.6) is 0 Å². The molecule has 0 aliphatic rings. The van der Waals surface area contributed by atoms with E-state index in [0.29, 0.717) is 5.56 Å². The lowest BCUT2D eigenvalue weighted by molar-refractivity contribution is -0.136. The summed E-state index contributed by atoms with van der Waals surface area (Å²) in [6.07, 6.45) is 0. The summed E-state index contributed by atoms with van der Waals surface area (Å²) in [6, 6.07) is 3.11. The molecule has 0 bridgehead atoms. The Labute approximate surface area is 115 Å². The quantitative estimate of drug-likeness (QED) is 0.895. The predicted octanol–water partition coefficient (Wildman–Crippen LogP) is 2.52. The second-order valence-corrected chi connectivity index (χ2v) is 6.47. The van der Waals surface area contributed by atoms with E-state index in [2.05, 4.69) is 4.72 Å². The third-order valence-electron chi connectivity index (χ3n) is 2.34. The van der Waals surface area contributed by atoms with Crippen LogP contribution in [-0.4, -0.2) is 24.7 Å². The van der Waals surface area contributed by atoms with Gasteiger partial charge in [-0.3, -0.25) is 9.52 Å². The fourth-order valence-electron chi connectivity index (χ4n) is 1.11. The minimum absolute atomic E-state index is 0.00793. The number of hydrogen-bond donors (Lipinski definition) is 2. The van der Waals surface area contributed by atoms with E-state index < -0.39 is 21.2 Å². The molecular weight excluding hydrogens is 301 g/mol. The lowest BCUT2D eigenvalue weighted by Gasteiger charge is -2.14. The molecule has 0 spiro atoms. The molecule has 100 valence electrons. The highest BCUT2D eigenvalue weighted by Gasteiger charge is 2.29. The Kier molecular flexibility index (Phi) is 4.47. The molecule has 0 radical (unpaired) electrons. The van der Waals surface area contributed by atoms with Crippen molar-refractivity contribution >= 4 is 44.9 Å². The van der Waals surface area contributed by atoms with Crippen LogP contribution in [-0.2, 0) is 14.8 Å². The summed E-state index contributed by atoms with van der Waals surface area (Å²) in [5.74, 6) is -1.46. The van der Waals surface area contributed by atoms with Gasteiger partial charge in [-0.1, -0.05) is 29.3 Å². The molecule has 1 aromatic rings. The maximum absolute atomic E-state index is 11.7. The number of benzene rings is 1. The molecule has 0 saturated carbocycles. The first-order valence-electron chi connectivity index (χ1n) is 4.86. The first-order valence-corrected chi connectivity index (χ1v) is 7.16. The van der Waals surface area contributed by atoms with E-state index >= 15 is 0 Å². The van der Waals surface area contributed by atoms with Gasteiger partial charge in [0.05, 0.1) is 15.7 Å². The second kappa shape index (κ2) is 5.34. The van der Waals surface area contributed by atoms with Gasteiger partial charge in [-0.05, 0) is 25.5 Å². The number of anilines is 1. The Balaban J connectivity index is 3.20. The molecule has 2 N–H and O–H groups in total. The molecule has 0 amide bonds. The molecular formula is C10H11Cl2NO4S. The Hall–Kier alpha value is -0.980. The van der Waals surface area contributed by atoms with Crippen molar-refractivity contribution in [1.29, 1.82) is 0 Å². The van der Waals surface area contributed by atoms with Crippen LogP contribution in [0.2, 0.25) is 10.0 Å². The molecule has 0 aliphatic carbocycles. The van der Waals surface area contributed by atoms with Crippen LogP contribution in [0, 0.1) is 6.92 Å². The van der Waals surface area contributed by atoms with Crippen LogP contribution in [0.1, 0.15) is 12.5 Å². The van der Waals surface area contributed by atoms with Gasteiger partial charge in [0, 0.05) is 0 Å². The van der Waals surface area contributed by atoms with Crippen molar-refractivity contribution < 1.29 is 18.3 Å². The number of rotatable bonds is 4. The Morgan fingerprint density at radius 1 is 1.39 bits per heavy atom. The van der Waals surface area contributed by atoms with Crippen molar-refractivity contribution in [2.75, 3.05) is 4.72 Å². The number of hydrogen-bond acceptors (Lipinski definition) is 3. The van der Waals surface area contributed by atoms with Crippen molar-refractivity contribution in [2.45, 2.75) is 19.1 Å². The Morgan fingerprint density at radius 2 is 1.94 bits per heavy atom. The summed E-state index contributed by atoms with van der Waals surface area (Å²) in [5, 5.41) is 7.34. The van der Waals surface area contributed by atoms with E-state index in [1.807, 2.05) is 0 Å². The average Bonchev–Trinajstić information content (AvgIpc) is 2.28. The molecule has 1 atom stereocenters. The van der Waals surface area contributed by atoms with Gasteiger partial charge in [-0.2, -0.15) is 0 Å². The number of aliphatic carboxylic acids is 1. The van der Waals surface area contributed by atoms with Gasteiger partial charge in [0.25, 0.3) is 0 Å². The standard InChI is InChI=1S/C10H11Cl2NO4S/c1-5-3-4-7(11)9(8(5)12)13-18(16,17)6(2)10(14)15/h3-4,6,13H,1-2H3,(H,14,15). The van der Waals surface area contributed by atoms with Gasteiger partial charge < -0.3 is 5.11 Å². The highest BCUT2D eigenvalue weighted by atomic mass is 35.5. The number of aryl methyl sites for hydroxylation is 1. The van der Waals surface area contributed by atoms with E-state index in [1.54, 1.807) is 13.0 Å². The van der Waals surface area contributed by atoms with Crippen LogP contribution >= 0.6 is 23.2 Å². The van der Waals surface area contributed by atoms with Crippen molar-refractivity contribution in [3.05, 3.63) is 27.7 Å². The summed E-state index contributed by atoms with van der Waals surface area (Å²) < 4.78 is 25.6. The van der Waals surface area contributed by atoms with Gasteiger partial charge in [-0.15, -0.1) is 0 Å². The molecule has 5 nitrogen and oxygen atoms in total. The van der Waals surface area contributed by atoms with Crippen molar-refractivity contribution in [1.82, 2.24) is 0 Å². The van der Waals surface area contributed by atoms with E-state index in [1.165, 1.54) is 6.07 Å². The zero-order chi connectivity index (χ0) is 14.1. The Morgan fingerprint density at radius 3 is 2.44 bits per heavy atom. The third kappa shape index (κ3) is 3.07. The molecule has 18 heavy (non-hydrogen) atoms. The Bertz CT molecular complexity index is 586. The monoisotopic (exact) mass is 311 g/mol. The minimum Gasteiger partial charge on any atom is -0.480 e. The number of nitrogens with one attached hydrogen (secondary N) is 1. The van der Waals surface area contributed by atoms with Gasteiger partial charge in [0.15, 0.2) is 5.25 Å². The third-order valence-corrected chi connectivity index (χ3v) is 4.76. The summed E-state index contributed by atoms with van der Waals surface area (Å²) in [5.41, 5.74) is 0.619. The van der Waals surface area contributed by atoms with Crippen LogP contribution in [0.4, 0.5) is 5.69 Å². The van der Waals surface area contributed by atoms with Crippen molar-refractivity contribution in [2.24, 2.45) is 0 Å². The van der Waals surface area contributed by atoms with Gasteiger partial charge >= 0.3 is 5.97 Å². The largest absolute Gasteiger partial charge is 0.480 e. The zero-order valence-electron chi connectivity index (χ0n) is 9.57. The van der Waals surface area contributed by atoms with Crippen molar-refractivity contribution in [3.63, 3.8) is 0 Å². The molecule has 0 aromatic heterocycles. The fourth-order valence-corrected chi connectivity index (χ4v) is 2.63. The fraction of sp³-hybridized carbons (Fsp3) is 0.300. The highest BCUT2D eigenvalue weighted by molar-refractivity contribution is 7.94. The first-order chi connectivity index (χ1) is 8.16. The predicted molar refractivity (Wildman–Crippen MR) is 70.8 cm³/mol. The lowest BCUT2D eigenvalue weighted by Crippen LogP contribution is -2.32. The molecule has 1 rings (SSSR count). The zero-order valence-corrected chi connectivity index (χ0v) is 11.9. The number of sulfonamides is 1. The van der Waals surface area contributed by atoms with Crippen LogP contribution in [0.25, 0.3) is 0 Å². The van der Waals surface area contributed by atoms with Gasteiger partial charge in [-0.25, -0.2) is 8.42 Å². The SMILES string of the molecule is Cc1ccc(Cl)c(NS(=O)(=O)C(C)C(=O)O)c1Cl. The number of halogens is 2. The normalized spacial score (nSPS) is 13.1.